The highest BCUT2D eigenvalue weighted by Crippen LogP contribution is 2.38. The number of aliphatic hydroxyl groups is 1. The number of fused-ring (bicyclic) bond motifs is 1. The Kier molecular flexibility index (Phi) is 3.17. The average molecular weight is 252 g/mol. The van der Waals surface area contributed by atoms with E-state index in [0.717, 1.165) is 0 Å². The lowest BCUT2D eigenvalue weighted by Crippen LogP contribution is -2.31. The predicted molar refractivity (Wildman–Crippen MR) is 63.8 cm³/mol. The highest BCUT2D eigenvalue weighted by Gasteiger charge is 2.37. The maximum absolute atomic E-state index is 11.1. The number of aliphatic carboxylic acids is 1. The molecule has 5 nitrogen and oxygen atoms in total. The molecule has 18 heavy (non-hydrogen) atoms. The van der Waals surface area contributed by atoms with Crippen molar-refractivity contribution in [2.75, 3.05) is 13.2 Å². The van der Waals surface area contributed by atoms with Crippen LogP contribution in [0.2, 0.25) is 0 Å². The number of rotatable bonds is 3. The smallest absolute Gasteiger partial charge is 0.312 e. The molecule has 0 bridgehead atoms. The standard InChI is InChI=1S/C13H16O5/c1-13(2,12(15)16)11(14)8-3-4-9-10(7-8)18-6-5-17-9/h3-4,7,11,14H,5-6H2,1-2H3,(H,15,16). The molecule has 1 heterocycles. The Morgan fingerprint density at radius 2 is 1.89 bits per heavy atom. The molecule has 0 spiro atoms. The van der Waals surface area contributed by atoms with Gasteiger partial charge in [0.15, 0.2) is 11.5 Å². The second-order valence-corrected chi connectivity index (χ2v) is 4.83. The van der Waals surface area contributed by atoms with Gasteiger partial charge in [0.05, 0.1) is 11.5 Å². The SMILES string of the molecule is CC(C)(C(=O)O)C(O)c1ccc2c(c1)OCCO2. The Balaban J connectivity index is 2.31. The third kappa shape index (κ3) is 2.13. The van der Waals surface area contributed by atoms with Crippen molar-refractivity contribution in [3.8, 4) is 11.5 Å². The summed E-state index contributed by atoms with van der Waals surface area (Å²) in [6.45, 7) is 3.91. The largest absolute Gasteiger partial charge is 0.486 e. The Morgan fingerprint density at radius 3 is 2.50 bits per heavy atom. The molecule has 0 saturated carbocycles. The molecule has 2 rings (SSSR count). The van der Waals surface area contributed by atoms with E-state index in [-0.39, 0.29) is 0 Å². The number of carboxylic acid groups (broad SMARTS) is 1. The van der Waals surface area contributed by atoms with Gasteiger partial charge in [0.25, 0.3) is 0 Å². The summed E-state index contributed by atoms with van der Waals surface area (Å²) in [6, 6.07) is 4.97. The van der Waals surface area contributed by atoms with Gasteiger partial charge < -0.3 is 19.7 Å². The summed E-state index contributed by atoms with van der Waals surface area (Å²) in [6.07, 6.45) is -1.11. The normalized spacial score (nSPS) is 16.2. The van der Waals surface area contributed by atoms with Gasteiger partial charge in [-0.25, -0.2) is 0 Å². The molecule has 0 aliphatic carbocycles. The zero-order valence-corrected chi connectivity index (χ0v) is 10.3. The molecular formula is C13H16O5. The minimum Gasteiger partial charge on any atom is -0.486 e. The van der Waals surface area contributed by atoms with Crippen LogP contribution in [0.25, 0.3) is 0 Å². The lowest BCUT2D eigenvalue weighted by molar-refractivity contribution is -0.153. The van der Waals surface area contributed by atoms with E-state index in [4.69, 9.17) is 14.6 Å². The molecule has 1 aromatic rings. The molecule has 0 aromatic heterocycles. The molecular weight excluding hydrogens is 236 g/mol. The Hall–Kier alpha value is -1.75. The first-order valence-corrected chi connectivity index (χ1v) is 5.74. The van der Waals surface area contributed by atoms with E-state index >= 15 is 0 Å². The minimum absolute atomic E-state index is 0.453. The van der Waals surface area contributed by atoms with Gasteiger partial charge in [-0.2, -0.15) is 0 Å². The summed E-state index contributed by atoms with van der Waals surface area (Å²) in [5.41, 5.74) is -0.754. The van der Waals surface area contributed by atoms with E-state index in [2.05, 4.69) is 0 Å². The summed E-state index contributed by atoms with van der Waals surface area (Å²) in [5.74, 6) is 0.106. The first-order chi connectivity index (χ1) is 8.43. The van der Waals surface area contributed by atoms with Crippen LogP contribution in [0.15, 0.2) is 18.2 Å². The van der Waals surface area contributed by atoms with Crippen molar-refractivity contribution < 1.29 is 24.5 Å². The van der Waals surface area contributed by atoms with Crippen molar-refractivity contribution in [2.24, 2.45) is 5.41 Å². The number of ether oxygens (including phenoxy) is 2. The number of carbonyl (C=O) groups is 1. The van der Waals surface area contributed by atoms with E-state index in [1.165, 1.54) is 13.8 Å². The highest BCUT2D eigenvalue weighted by atomic mass is 16.6. The van der Waals surface area contributed by atoms with Crippen LogP contribution >= 0.6 is 0 Å². The second-order valence-electron chi connectivity index (χ2n) is 4.83. The van der Waals surface area contributed by atoms with Gasteiger partial charge in [0.2, 0.25) is 0 Å². The van der Waals surface area contributed by atoms with E-state index < -0.39 is 17.5 Å². The topological polar surface area (TPSA) is 76.0 Å². The number of carboxylic acids is 1. The van der Waals surface area contributed by atoms with Crippen molar-refractivity contribution in [2.45, 2.75) is 20.0 Å². The predicted octanol–water partition coefficient (Wildman–Crippen LogP) is 1.60. The molecule has 98 valence electrons. The fraction of sp³-hybridized carbons (Fsp3) is 0.462. The molecule has 1 unspecified atom stereocenters. The van der Waals surface area contributed by atoms with Crippen LogP contribution in [0.3, 0.4) is 0 Å². The van der Waals surface area contributed by atoms with Crippen LogP contribution in [0.4, 0.5) is 0 Å². The maximum Gasteiger partial charge on any atom is 0.312 e. The van der Waals surface area contributed by atoms with Gasteiger partial charge in [-0.15, -0.1) is 0 Å². The average Bonchev–Trinajstić information content (AvgIpc) is 2.37. The molecule has 1 aromatic carbocycles. The fourth-order valence-corrected chi connectivity index (χ4v) is 1.76. The third-order valence-electron chi connectivity index (χ3n) is 3.12. The van der Waals surface area contributed by atoms with Crippen LogP contribution in [0.1, 0.15) is 25.5 Å². The van der Waals surface area contributed by atoms with Gasteiger partial charge in [-0.05, 0) is 31.5 Å². The fourth-order valence-electron chi connectivity index (χ4n) is 1.76. The van der Waals surface area contributed by atoms with E-state index in [0.29, 0.717) is 30.3 Å². The molecule has 5 heteroatoms. The number of hydrogen-bond donors (Lipinski definition) is 2. The molecule has 2 N–H and O–H groups in total. The molecule has 0 saturated heterocycles. The van der Waals surface area contributed by atoms with E-state index in [1.54, 1.807) is 18.2 Å². The summed E-state index contributed by atoms with van der Waals surface area (Å²) in [7, 11) is 0. The minimum atomic E-state index is -1.26. The first-order valence-electron chi connectivity index (χ1n) is 5.74. The molecule has 0 amide bonds. The molecule has 0 fully saturated rings. The van der Waals surface area contributed by atoms with Gasteiger partial charge in [0.1, 0.15) is 13.2 Å². The number of benzene rings is 1. The van der Waals surface area contributed by atoms with Crippen LogP contribution in [0.5, 0.6) is 11.5 Å². The summed E-state index contributed by atoms with van der Waals surface area (Å²) in [5, 5.41) is 19.2. The van der Waals surface area contributed by atoms with Crippen LogP contribution < -0.4 is 9.47 Å². The van der Waals surface area contributed by atoms with Crippen molar-refractivity contribution in [3.63, 3.8) is 0 Å². The molecule has 1 aliphatic heterocycles. The monoisotopic (exact) mass is 252 g/mol. The van der Waals surface area contributed by atoms with E-state index in [9.17, 15) is 9.90 Å². The van der Waals surface area contributed by atoms with Gasteiger partial charge in [-0.1, -0.05) is 6.07 Å². The van der Waals surface area contributed by atoms with Crippen LogP contribution in [-0.2, 0) is 4.79 Å². The van der Waals surface area contributed by atoms with Gasteiger partial charge >= 0.3 is 5.97 Å². The second kappa shape index (κ2) is 4.49. The summed E-state index contributed by atoms with van der Waals surface area (Å²) < 4.78 is 10.8. The Bertz CT molecular complexity index is 466. The number of hydrogen-bond acceptors (Lipinski definition) is 4. The summed E-state index contributed by atoms with van der Waals surface area (Å²) >= 11 is 0. The first kappa shape index (κ1) is 12.7. The van der Waals surface area contributed by atoms with Crippen LogP contribution in [-0.4, -0.2) is 29.4 Å². The van der Waals surface area contributed by atoms with Gasteiger partial charge in [0, 0.05) is 0 Å². The molecule has 1 aliphatic rings. The van der Waals surface area contributed by atoms with Crippen molar-refractivity contribution in [1.29, 1.82) is 0 Å². The molecule has 0 radical (unpaired) electrons. The lowest BCUT2D eigenvalue weighted by Gasteiger charge is -2.27. The van der Waals surface area contributed by atoms with Crippen molar-refractivity contribution in [1.82, 2.24) is 0 Å². The zero-order chi connectivity index (χ0) is 13.3. The highest BCUT2D eigenvalue weighted by molar-refractivity contribution is 5.74. The third-order valence-corrected chi connectivity index (χ3v) is 3.12. The Morgan fingerprint density at radius 1 is 1.28 bits per heavy atom. The Labute approximate surface area is 105 Å². The lowest BCUT2D eigenvalue weighted by atomic mass is 9.82. The van der Waals surface area contributed by atoms with Crippen molar-refractivity contribution >= 4 is 5.97 Å². The maximum atomic E-state index is 11.1. The van der Waals surface area contributed by atoms with Crippen molar-refractivity contribution in [3.05, 3.63) is 23.8 Å². The quantitative estimate of drug-likeness (QED) is 0.854. The molecule has 1 atom stereocenters. The van der Waals surface area contributed by atoms with Crippen LogP contribution in [0, 0.1) is 5.41 Å². The number of aliphatic hydroxyl groups excluding tert-OH is 1. The van der Waals surface area contributed by atoms with E-state index in [1.807, 2.05) is 0 Å². The van der Waals surface area contributed by atoms with Gasteiger partial charge in [-0.3, -0.25) is 4.79 Å². The summed E-state index contributed by atoms with van der Waals surface area (Å²) in [4.78, 5) is 11.1. The zero-order valence-electron chi connectivity index (χ0n) is 10.3.